The molecular weight excluding hydrogens is 397 g/mol. The fourth-order valence-corrected chi connectivity index (χ4v) is 3.33. The van der Waals surface area contributed by atoms with Gasteiger partial charge in [0.2, 0.25) is 6.35 Å². The third-order valence-electron chi connectivity index (χ3n) is 4.18. The van der Waals surface area contributed by atoms with Gasteiger partial charge >= 0.3 is 12.0 Å². The van der Waals surface area contributed by atoms with Crippen LogP contribution < -0.4 is 10.2 Å². The molecule has 1 saturated heterocycles. The molecule has 1 aromatic rings. The number of methoxy groups -OCH3 is 1. The molecule has 1 aliphatic heterocycles. The number of anilines is 1. The van der Waals surface area contributed by atoms with Crippen molar-refractivity contribution in [2.75, 3.05) is 25.1 Å². The van der Waals surface area contributed by atoms with E-state index in [-0.39, 0.29) is 12.5 Å². The Balaban J connectivity index is 1.84. The number of unbranched alkanes of at least 4 members (excludes halogenated alkanes) is 2. The van der Waals surface area contributed by atoms with Gasteiger partial charge in [0.15, 0.2) is 0 Å². The van der Waals surface area contributed by atoms with E-state index in [1.807, 2.05) is 0 Å². The van der Waals surface area contributed by atoms with Gasteiger partial charge in [0.05, 0.1) is 13.7 Å². The molecule has 8 nitrogen and oxygen atoms in total. The second-order valence-corrected chi connectivity index (χ2v) is 7.01. The minimum absolute atomic E-state index is 0.0700. The number of nitrogens with one attached hydrogen (secondary N) is 1. The predicted molar refractivity (Wildman–Crippen MR) is 102 cm³/mol. The first-order chi connectivity index (χ1) is 12.8. The van der Waals surface area contributed by atoms with E-state index in [0.29, 0.717) is 41.5 Å². The van der Waals surface area contributed by atoms with Crippen LogP contribution in [0.4, 0.5) is 10.5 Å². The van der Waals surface area contributed by atoms with E-state index in [2.05, 4.69) is 10.1 Å². The van der Waals surface area contributed by atoms with Crippen molar-refractivity contribution in [1.82, 2.24) is 10.2 Å². The number of ether oxygens (including phenoxy) is 1. The number of β-amino-alcohol motifs (C(OH)–C–C–N with tert-alkyl or cyclic N) is 1. The molecule has 1 fully saturated rings. The van der Waals surface area contributed by atoms with Crippen LogP contribution in [-0.2, 0) is 9.53 Å². The van der Waals surface area contributed by atoms with E-state index in [1.165, 1.54) is 18.1 Å². The summed E-state index contributed by atoms with van der Waals surface area (Å²) in [6.07, 6.45) is 0.0145. The highest BCUT2D eigenvalue weighted by Gasteiger charge is 2.40. The number of esters is 1. The van der Waals surface area contributed by atoms with Crippen molar-refractivity contribution in [3.8, 4) is 0 Å². The number of hydrogen-bond acceptors (Lipinski definition) is 6. The summed E-state index contributed by atoms with van der Waals surface area (Å²) in [4.78, 5) is 25.7. The van der Waals surface area contributed by atoms with Crippen molar-refractivity contribution in [1.29, 1.82) is 0 Å². The molecule has 0 saturated carbocycles. The van der Waals surface area contributed by atoms with Crippen LogP contribution in [0.5, 0.6) is 0 Å². The van der Waals surface area contributed by atoms with Gasteiger partial charge in [-0.25, -0.2) is 4.79 Å². The Morgan fingerprint density at radius 1 is 1.19 bits per heavy atom. The highest BCUT2D eigenvalue weighted by Crippen LogP contribution is 2.31. The summed E-state index contributed by atoms with van der Waals surface area (Å²) in [5.41, 5.74) is 0.408. The zero-order valence-corrected chi connectivity index (χ0v) is 16.4. The van der Waals surface area contributed by atoms with Crippen LogP contribution >= 0.6 is 23.2 Å². The number of carbonyl (C=O) groups excluding carboxylic acids is 2. The van der Waals surface area contributed by atoms with Gasteiger partial charge in [-0.3, -0.25) is 9.69 Å². The van der Waals surface area contributed by atoms with Gasteiger partial charge in [0.25, 0.3) is 0 Å². The van der Waals surface area contributed by atoms with E-state index in [1.54, 1.807) is 12.1 Å². The average molecular weight is 420 g/mol. The van der Waals surface area contributed by atoms with E-state index in [4.69, 9.17) is 23.2 Å². The summed E-state index contributed by atoms with van der Waals surface area (Å²) in [7, 11) is 1.35. The first kappa shape index (κ1) is 21.6. The number of amides is 2. The summed E-state index contributed by atoms with van der Waals surface area (Å²) in [5.74, 6) is -0.255. The number of rotatable bonds is 7. The molecule has 1 aromatic carbocycles. The van der Waals surface area contributed by atoms with E-state index in [9.17, 15) is 19.8 Å². The molecule has 150 valence electrons. The largest absolute Gasteiger partial charge is 0.469 e. The van der Waals surface area contributed by atoms with Gasteiger partial charge in [0.1, 0.15) is 6.23 Å². The van der Waals surface area contributed by atoms with E-state index < -0.39 is 18.6 Å². The number of nitrogens with zero attached hydrogens (tertiary/aromatic N) is 2. The molecule has 0 bridgehead atoms. The molecule has 0 spiro atoms. The van der Waals surface area contributed by atoms with Crippen molar-refractivity contribution >= 4 is 40.9 Å². The summed E-state index contributed by atoms with van der Waals surface area (Å²) in [5, 5.41) is 24.1. The maximum atomic E-state index is 12.3. The van der Waals surface area contributed by atoms with Crippen LogP contribution in [0.3, 0.4) is 0 Å². The van der Waals surface area contributed by atoms with Crippen LogP contribution in [0.15, 0.2) is 18.2 Å². The third-order valence-corrected chi connectivity index (χ3v) is 4.61. The average Bonchev–Trinajstić information content (AvgIpc) is 2.91. The Bertz CT molecular complexity index is 656. The minimum Gasteiger partial charge on any atom is -0.469 e. The molecule has 2 amide bonds. The number of halogens is 2. The number of benzene rings is 1. The first-order valence-corrected chi connectivity index (χ1v) is 9.31. The van der Waals surface area contributed by atoms with Crippen LogP contribution in [0, 0.1) is 0 Å². The predicted octanol–water partition coefficient (Wildman–Crippen LogP) is 2.15. The van der Waals surface area contributed by atoms with Gasteiger partial charge in [-0.15, -0.1) is 0 Å². The fourth-order valence-electron chi connectivity index (χ4n) is 2.81. The second kappa shape index (κ2) is 9.98. The number of hydrogen-bond donors (Lipinski definition) is 3. The molecule has 0 radical (unpaired) electrons. The topological polar surface area (TPSA) is 102 Å². The van der Waals surface area contributed by atoms with Crippen LogP contribution in [-0.4, -0.2) is 59.9 Å². The molecule has 0 aliphatic carbocycles. The molecule has 3 N–H and O–H groups in total. The molecule has 0 aromatic heterocycles. The highest BCUT2D eigenvalue weighted by atomic mass is 35.5. The Labute approximate surface area is 167 Å². The van der Waals surface area contributed by atoms with Gasteiger partial charge in [0, 0.05) is 28.7 Å². The van der Waals surface area contributed by atoms with Crippen LogP contribution in [0.1, 0.15) is 25.7 Å². The normalized spacial score (nSPS) is 19.3. The van der Waals surface area contributed by atoms with Gasteiger partial charge in [-0.2, -0.15) is 0 Å². The zero-order chi connectivity index (χ0) is 20.0. The molecule has 1 heterocycles. The highest BCUT2D eigenvalue weighted by molar-refractivity contribution is 6.35. The molecule has 1 aliphatic rings. The molecule has 2 unspecified atom stereocenters. The molecular formula is C17H23Cl2N3O5. The summed E-state index contributed by atoms with van der Waals surface area (Å²) < 4.78 is 4.56. The Morgan fingerprint density at radius 3 is 2.48 bits per heavy atom. The number of urea groups is 1. The molecule has 27 heavy (non-hydrogen) atoms. The lowest BCUT2D eigenvalue weighted by Crippen LogP contribution is -2.47. The lowest BCUT2D eigenvalue weighted by Gasteiger charge is -2.28. The SMILES string of the molecule is COC(=O)CCCCCNC(=O)N1CC(O)N(c2cc(Cl)cc(Cl)c2)C1O. The van der Waals surface area contributed by atoms with Crippen molar-refractivity contribution in [2.45, 2.75) is 38.3 Å². The van der Waals surface area contributed by atoms with Gasteiger partial charge < -0.3 is 25.2 Å². The molecule has 2 rings (SSSR count). The number of aliphatic hydroxyl groups excluding tert-OH is 2. The van der Waals surface area contributed by atoms with Gasteiger partial charge in [-0.05, 0) is 31.0 Å². The summed E-state index contributed by atoms with van der Waals surface area (Å²) in [6.45, 7) is 0.321. The second-order valence-electron chi connectivity index (χ2n) is 6.13. The lowest BCUT2D eigenvalue weighted by atomic mass is 10.2. The van der Waals surface area contributed by atoms with Crippen LogP contribution in [0.2, 0.25) is 10.0 Å². The Morgan fingerprint density at radius 2 is 1.85 bits per heavy atom. The van der Waals surface area contributed by atoms with Gasteiger partial charge in [-0.1, -0.05) is 29.6 Å². The number of carbonyl (C=O) groups is 2. The van der Waals surface area contributed by atoms with Crippen molar-refractivity contribution < 1.29 is 24.5 Å². The van der Waals surface area contributed by atoms with E-state index >= 15 is 0 Å². The number of aliphatic hydroxyl groups is 2. The lowest BCUT2D eigenvalue weighted by molar-refractivity contribution is -0.140. The summed E-state index contributed by atoms with van der Waals surface area (Å²) in [6, 6.07) is 4.13. The maximum Gasteiger partial charge on any atom is 0.321 e. The Hall–Kier alpha value is -1.74. The fraction of sp³-hybridized carbons (Fsp3) is 0.529. The molecule has 2 atom stereocenters. The smallest absolute Gasteiger partial charge is 0.321 e. The summed E-state index contributed by atoms with van der Waals surface area (Å²) >= 11 is 11.9. The van der Waals surface area contributed by atoms with Crippen LogP contribution in [0.25, 0.3) is 0 Å². The van der Waals surface area contributed by atoms with Crippen molar-refractivity contribution in [2.24, 2.45) is 0 Å². The first-order valence-electron chi connectivity index (χ1n) is 8.55. The standard InChI is InChI=1S/C17H23Cl2N3O5/c1-27-15(24)5-3-2-4-6-20-16(25)21-10-14(23)22(17(21)26)13-8-11(18)7-12(19)9-13/h7-9,14,17,23,26H,2-6,10H2,1H3,(H,20,25). The maximum absolute atomic E-state index is 12.3. The third kappa shape index (κ3) is 5.87. The van der Waals surface area contributed by atoms with Crippen molar-refractivity contribution in [3.05, 3.63) is 28.2 Å². The molecule has 10 heteroatoms. The minimum atomic E-state index is -1.35. The Kier molecular flexibility index (Phi) is 7.97. The quantitative estimate of drug-likeness (QED) is 0.462. The zero-order valence-electron chi connectivity index (χ0n) is 14.9. The van der Waals surface area contributed by atoms with E-state index in [0.717, 1.165) is 11.3 Å². The monoisotopic (exact) mass is 419 g/mol. The van der Waals surface area contributed by atoms with Crippen molar-refractivity contribution in [3.63, 3.8) is 0 Å².